The standard InChI is InChI=1S/C8H6BrClFNO/c1-13-12-4-5-2-3-6(9)7(10)8(5)11/h2-4H,1H3/b12-4-. The highest BCUT2D eigenvalue weighted by Gasteiger charge is 2.08. The molecule has 0 heterocycles. The number of hydrogen-bond donors (Lipinski definition) is 0. The van der Waals surface area contributed by atoms with Crippen LogP contribution in [0.2, 0.25) is 5.02 Å². The van der Waals surface area contributed by atoms with Crippen molar-refractivity contribution in [1.29, 1.82) is 0 Å². The van der Waals surface area contributed by atoms with E-state index >= 15 is 0 Å². The maximum atomic E-state index is 13.3. The van der Waals surface area contributed by atoms with Gasteiger partial charge in [0.05, 0.1) is 11.2 Å². The molecule has 1 rings (SSSR count). The van der Waals surface area contributed by atoms with Crippen LogP contribution in [0.4, 0.5) is 4.39 Å². The van der Waals surface area contributed by atoms with Gasteiger partial charge >= 0.3 is 0 Å². The van der Waals surface area contributed by atoms with Crippen LogP contribution in [0.1, 0.15) is 5.56 Å². The van der Waals surface area contributed by atoms with Crippen molar-refractivity contribution in [1.82, 2.24) is 0 Å². The van der Waals surface area contributed by atoms with Gasteiger partial charge < -0.3 is 4.84 Å². The molecule has 0 saturated carbocycles. The van der Waals surface area contributed by atoms with Gasteiger partial charge in [-0.2, -0.15) is 0 Å². The zero-order valence-corrected chi connectivity index (χ0v) is 9.06. The molecule has 2 nitrogen and oxygen atoms in total. The van der Waals surface area contributed by atoms with E-state index in [0.717, 1.165) is 0 Å². The summed E-state index contributed by atoms with van der Waals surface area (Å²) in [4.78, 5) is 4.42. The van der Waals surface area contributed by atoms with Crippen molar-refractivity contribution in [3.05, 3.63) is 33.0 Å². The second kappa shape index (κ2) is 4.58. The third-order valence-electron chi connectivity index (χ3n) is 1.36. The predicted molar refractivity (Wildman–Crippen MR) is 53.7 cm³/mol. The Bertz CT molecular complexity index is 343. The third-order valence-corrected chi connectivity index (χ3v) is 2.62. The first kappa shape index (κ1) is 10.5. The highest BCUT2D eigenvalue weighted by Crippen LogP contribution is 2.26. The molecule has 0 bridgehead atoms. The molecule has 0 aliphatic rings. The summed E-state index contributed by atoms with van der Waals surface area (Å²) < 4.78 is 13.8. The van der Waals surface area contributed by atoms with Crippen LogP contribution < -0.4 is 0 Å². The van der Waals surface area contributed by atoms with Crippen molar-refractivity contribution in [3.8, 4) is 0 Å². The molecule has 1 aromatic rings. The lowest BCUT2D eigenvalue weighted by molar-refractivity contribution is 0.215. The Balaban J connectivity index is 3.11. The Labute approximate surface area is 88.5 Å². The number of benzene rings is 1. The van der Waals surface area contributed by atoms with Gasteiger partial charge in [0.1, 0.15) is 7.11 Å². The number of halogens is 3. The van der Waals surface area contributed by atoms with Crippen LogP contribution in [0.25, 0.3) is 0 Å². The first-order valence-electron chi connectivity index (χ1n) is 3.37. The minimum absolute atomic E-state index is 0.0417. The molecule has 5 heteroatoms. The van der Waals surface area contributed by atoms with Gasteiger partial charge in [-0.3, -0.25) is 0 Å². The summed E-state index contributed by atoms with van der Waals surface area (Å²) in [5.74, 6) is -0.517. The molecule has 0 amide bonds. The first-order chi connectivity index (χ1) is 6.16. The summed E-state index contributed by atoms with van der Waals surface area (Å²) in [7, 11) is 1.38. The molecule has 0 aromatic heterocycles. The lowest BCUT2D eigenvalue weighted by Crippen LogP contribution is -1.90. The Morgan fingerprint density at radius 2 is 2.31 bits per heavy atom. The highest BCUT2D eigenvalue weighted by molar-refractivity contribution is 9.10. The highest BCUT2D eigenvalue weighted by atomic mass is 79.9. The molecule has 0 aliphatic carbocycles. The molecule has 0 N–H and O–H groups in total. The normalized spacial score (nSPS) is 10.8. The zero-order chi connectivity index (χ0) is 9.84. The topological polar surface area (TPSA) is 21.6 Å². The van der Waals surface area contributed by atoms with E-state index in [9.17, 15) is 4.39 Å². The fraction of sp³-hybridized carbons (Fsp3) is 0.125. The SMILES string of the molecule is CO/N=C\c1ccc(Br)c(Cl)c1F. The molecule has 0 atom stereocenters. The maximum Gasteiger partial charge on any atom is 0.151 e. The van der Waals surface area contributed by atoms with Crippen LogP contribution in [-0.4, -0.2) is 13.3 Å². The van der Waals surface area contributed by atoms with Gasteiger partial charge in [-0.15, -0.1) is 0 Å². The zero-order valence-electron chi connectivity index (χ0n) is 6.72. The smallest absolute Gasteiger partial charge is 0.151 e. The van der Waals surface area contributed by atoms with Crippen LogP contribution in [0.5, 0.6) is 0 Å². The van der Waals surface area contributed by atoms with Crippen LogP contribution >= 0.6 is 27.5 Å². The van der Waals surface area contributed by atoms with E-state index in [-0.39, 0.29) is 10.6 Å². The van der Waals surface area contributed by atoms with Gasteiger partial charge in [0.15, 0.2) is 5.82 Å². The number of rotatable bonds is 2. The van der Waals surface area contributed by atoms with Crippen LogP contribution in [0.15, 0.2) is 21.8 Å². The van der Waals surface area contributed by atoms with Gasteiger partial charge in [0.2, 0.25) is 0 Å². The maximum absolute atomic E-state index is 13.3. The van der Waals surface area contributed by atoms with Crippen molar-refractivity contribution in [2.75, 3.05) is 7.11 Å². The molecule has 0 unspecified atom stereocenters. The minimum atomic E-state index is -0.517. The molecule has 0 spiro atoms. The molecule has 13 heavy (non-hydrogen) atoms. The predicted octanol–water partition coefficient (Wildman–Crippen LogP) is 3.22. The Morgan fingerprint density at radius 1 is 1.62 bits per heavy atom. The molecule has 0 saturated heterocycles. The second-order valence-electron chi connectivity index (χ2n) is 2.18. The van der Waals surface area contributed by atoms with Crippen molar-refractivity contribution in [2.45, 2.75) is 0 Å². The quantitative estimate of drug-likeness (QED) is 0.457. The summed E-state index contributed by atoms with van der Waals surface area (Å²) in [6, 6.07) is 3.19. The van der Waals surface area contributed by atoms with E-state index in [1.807, 2.05) is 0 Å². The molecule has 1 aromatic carbocycles. The molecule has 0 fully saturated rings. The largest absolute Gasteiger partial charge is 0.399 e. The molecular weight excluding hydrogens is 260 g/mol. The lowest BCUT2D eigenvalue weighted by atomic mass is 10.2. The van der Waals surface area contributed by atoms with Crippen molar-refractivity contribution < 1.29 is 9.23 Å². The molecule has 0 radical (unpaired) electrons. The van der Waals surface area contributed by atoms with E-state index in [2.05, 4.69) is 25.9 Å². The van der Waals surface area contributed by atoms with E-state index < -0.39 is 5.82 Å². The molecule has 70 valence electrons. The van der Waals surface area contributed by atoms with E-state index in [4.69, 9.17) is 11.6 Å². The molecule has 0 aliphatic heterocycles. The number of oxime groups is 1. The van der Waals surface area contributed by atoms with Crippen LogP contribution in [0.3, 0.4) is 0 Å². The molecular formula is C8H6BrClFNO. The lowest BCUT2D eigenvalue weighted by Gasteiger charge is -2.00. The summed E-state index contributed by atoms with van der Waals surface area (Å²) in [6.07, 6.45) is 1.26. The average molecular weight is 266 g/mol. The van der Waals surface area contributed by atoms with E-state index in [1.54, 1.807) is 12.1 Å². The van der Waals surface area contributed by atoms with Gasteiger partial charge in [0.25, 0.3) is 0 Å². The summed E-state index contributed by atoms with van der Waals surface area (Å²) in [6.45, 7) is 0. The second-order valence-corrected chi connectivity index (χ2v) is 3.41. The summed E-state index contributed by atoms with van der Waals surface area (Å²) >= 11 is 8.74. The van der Waals surface area contributed by atoms with Gasteiger partial charge in [-0.25, -0.2) is 4.39 Å². The fourth-order valence-electron chi connectivity index (χ4n) is 0.750. The van der Waals surface area contributed by atoms with Crippen molar-refractivity contribution in [3.63, 3.8) is 0 Å². The first-order valence-corrected chi connectivity index (χ1v) is 4.54. The van der Waals surface area contributed by atoms with Crippen LogP contribution in [-0.2, 0) is 4.84 Å². The summed E-state index contributed by atoms with van der Waals surface area (Å²) in [5, 5.41) is 3.48. The Hall–Kier alpha value is -0.610. The number of hydrogen-bond acceptors (Lipinski definition) is 2. The number of nitrogens with zero attached hydrogens (tertiary/aromatic N) is 1. The Kier molecular flexibility index (Phi) is 3.69. The van der Waals surface area contributed by atoms with Gasteiger partial charge in [0, 0.05) is 10.0 Å². The van der Waals surface area contributed by atoms with Gasteiger partial charge in [-0.05, 0) is 28.1 Å². The monoisotopic (exact) mass is 265 g/mol. The van der Waals surface area contributed by atoms with E-state index in [1.165, 1.54) is 13.3 Å². The average Bonchev–Trinajstić information content (AvgIpc) is 2.13. The fourth-order valence-corrected chi connectivity index (χ4v) is 1.23. The van der Waals surface area contributed by atoms with Crippen molar-refractivity contribution in [2.24, 2.45) is 5.16 Å². The Morgan fingerprint density at radius 3 is 2.92 bits per heavy atom. The van der Waals surface area contributed by atoms with Gasteiger partial charge in [-0.1, -0.05) is 16.8 Å². The van der Waals surface area contributed by atoms with Crippen molar-refractivity contribution >= 4 is 33.7 Å². The van der Waals surface area contributed by atoms with E-state index in [0.29, 0.717) is 4.47 Å². The third kappa shape index (κ3) is 2.42. The van der Waals surface area contributed by atoms with Crippen LogP contribution in [0, 0.1) is 5.82 Å². The summed E-state index contributed by atoms with van der Waals surface area (Å²) in [5.41, 5.74) is 0.287. The minimum Gasteiger partial charge on any atom is -0.399 e.